The van der Waals surface area contributed by atoms with Crippen LogP contribution in [0.3, 0.4) is 0 Å². The standard InChI is InChI=1S/C26H27Cl2N3O4S/c1-15-8-10-16(11-9-15)23(25(32)29-17-6-4-5-7-17)31(26(33)22-21(27)24(28)36-30-22)18-12-19(34-2)14-20(13-18)35-3/h8-14,17,23H,4-7H2,1-3H3,(H,29,32). The summed E-state index contributed by atoms with van der Waals surface area (Å²) in [6, 6.07) is 11.6. The second-order valence-corrected chi connectivity index (χ2v) is 10.4. The molecule has 1 fully saturated rings. The predicted octanol–water partition coefficient (Wildman–Crippen LogP) is 6.22. The molecule has 7 nitrogen and oxygen atoms in total. The fraction of sp³-hybridized carbons (Fsp3) is 0.346. The number of anilines is 1. The van der Waals surface area contributed by atoms with Crippen LogP contribution in [0.5, 0.6) is 11.5 Å². The summed E-state index contributed by atoms with van der Waals surface area (Å²) in [6.45, 7) is 1.96. The monoisotopic (exact) mass is 547 g/mol. The Hall–Kier alpha value is -2.81. The molecule has 1 saturated carbocycles. The highest BCUT2D eigenvalue weighted by atomic mass is 35.5. The van der Waals surface area contributed by atoms with Crippen molar-refractivity contribution in [1.29, 1.82) is 0 Å². The summed E-state index contributed by atoms with van der Waals surface area (Å²) in [7, 11) is 3.04. The normalized spacial score (nSPS) is 14.4. The van der Waals surface area contributed by atoms with Crippen molar-refractivity contribution in [3.63, 3.8) is 0 Å². The number of halogens is 2. The first-order valence-corrected chi connectivity index (χ1v) is 13.1. The summed E-state index contributed by atoms with van der Waals surface area (Å²) in [5.74, 6) is 0.0655. The molecule has 1 aliphatic carbocycles. The first kappa shape index (κ1) is 26.3. The van der Waals surface area contributed by atoms with Crippen molar-refractivity contribution in [2.24, 2.45) is 0 Å². The molecule has 0 aliphatic heterocycles. The minimum atomic E-state index is -1.01. The minimum Gasteiger partial charge on any atom is -0.497 e. The van der Waals surface area contributed by atoms with E-state index in [0.717, 1.165) is 42.8 Å². The zero-order valence-corrected chi connectivity index (χ0v) is 22.5. The predicted molar refractivity (Wildman–Crippen MR) is 143 cm³/mol. The number of hydrogen-bond donors (Lipinski definition) is 1. The van der Waals surface area contributed by atoms with Crippen LogP contribution < -0.4 is 19.7 Å². The molecule has 2 aromatic carbocycles. The van der Waals surface area contributed by atoms with Gasteiger partial charge in [-0.2, -0.15) is 4.37 Å². The van der Waals surface area contributed by atoms with Gasteiger partial charge in [0.1, 0.15) is 26.9 Å². The van der Waals surface area contributed by atoms with E-state index in [1.807, 2.05) is 31.2 Å². The fourth-order valence-corrected chi connectivity index (χ4v) is 5.33. The van der Waals surface area contributed by atoms with Crippen molar-refractivity contribution in [1.82, 2.24) is 9.69 Å². The van der Waals surface area contributed by atoms with Crippen molar-refractivity contribution >= 4 is 52.2 Å². The molecule has 4 rings (SSSR count). The Morgan fingerprint density at radius 2 is 1.67 bits per heavy atom. The second kappa shape index (κ2) is 11.5. The molecule has 0 radical (unpaired) electrons. The summed E-state index contributed by atoms with van der Waals surface area (Å²) in [5, 5.41) is 3.20. The van der Waals surface area contributed by atoms with Gasteiger partial charge in [-0.1, -0.05) is 65.9 Å². The number of carbonyl (C=O) groups is 2. The molecule has 10 heteroatoms. The maximum Gasteiger partial charge on any atom is 0.280 e. The summed E-state index contributed by atoms with van der Waals surface area (Å²) in [4.78, 5) is 29.3. The molecule has 1 N–H and O–H groups in total. The van der Waals surface area contributed by atoms with Gasteiger partial charge in [0, 0.05) is 24.2 Å². The van der Waals surface area contributed by atoms with Gasteiger partial charge in [0.25, 0.3) is 5.91 Å². The van der Waals surface area contributed by atoms with Crippen molar-refractivity contribution in [2.45, 2.75) is 44.7 Å². The van der Waals surface area contributed by atoms with Crippen LogP contribution in [0, 0.1) is 6.92 Å². The van der Waals surface area contributed by atoms with Crippen molar-refractivity contribution in [3.8, 4) is 11.5 Å². The third-order valence-electron chi connectivity index (χ3n) is 6.23. The average Bonchev–Trinajstić information content (AvgIpc) is 3.51. The molecule has 1 aliphatic rings. The van der Waals surface area contributed by atoms with Gasteiger partial charge < -0.3 is 14.8 Å². The highest BCUT2D eigenvalue weighted by molar-refractivity contribution is 7.11. The number of aromatic nitrogens is 1. The molecule has 0 bridgehead atoms. The Balaban J connectivity index is 1.89. The number of aryl methyl sites for hydroxylation is 1. The van der Waals surface area contributed by atoms with E-state index in [1.165, 1.54) is 19.1 Å². The number of nitrogens with zero attached hydrogens (tertiary/aromatic N) is 2. The molecule has 0 spiro atoms. The van der Waals surface area contributed by atoms with E-state index < -0.39 is 11.9 Å². The fourth-order valence-electron chi connectivity index (χ4n) is 4.34. The number of methoxy groups -OCH3 is 2. The Bertz CT molecular complexity index is 1220. The van der Waals surface area contributed by atoms with Crippen LogP contribution in [0.2, 0.25) is 9.36 Å². The first-order chi connectivity index (χ1) is 17.3. The molecular weight excluding hydrogens is 521 g/mol. The van der Waals surface area contributed by atoms with Crippen LogP contribution in [-0.2, 0) is 4.79 Å². The number of rotatable bonds is 8. The molecule has 1 heterocycles. The lowest BCUT2D eigenvalue weighted by atomic mass is 10.0. The molecule has 1 unspecified atom stereocenters. The number of amides is 2. The SMILES string of the molecule is COc1cc(OC)cc(N(C(=O)c2nsc(Cl)c2Cl)C(C(=O)NC2CCCC2)c2ccc(C)cc2)c1. The maximum atomic E-state index is 14.1. The Labute approximate surface area is 224 Å². The Morgan fingerprint density at radius 3 is 2.19 bits per heavy atom. The van der Waals surface area contributed by atoms with Gasteiger partial charge in [0.15, 0.2) is 5.69 Å². The van der Waals surface area contributed by atoms with Crippen molar-refractivity contribution in [2.75, 3.05) is 19.1 Å². The summed E-state index contributed by atoms with van der Waals surface area (Å²) in [5.41, 5.74) is 2.04. The number of carbonyl (C=O) groups excluding carboxylic acids is 2. The summed E-state index contributed by atoms with van der Waals surface area (Å²) < 4.78 is 15.3. The third kappa shape index (κ3) is 5.61. The van der Waals surface area contributed by atoms with Gasteiger partial charge in [-0.3, -0.25) is 14.5 Å². The minimum absolute atomic E-state index is 0.0285. The van der Waals surface area contributed by atoms with Gasteiger partial charge in [-0.15, -0.1) is 0 Å². The van der Waals surface area contributed by atoms with Crippen LogP contribution >= 0.6 is 34.7 Å². The van der Waals surface area contributed by atoms with Gasteiger partial charge in [0.2, 0.25) is 5.91 Å². The van der Waals surface area contributed by atoms with E-state index >= 15 is 0 Å². The van der Waals surface area contributed by atoms with Gasteiger partial charge in [-0.25, -0.2) is 0 Å². The number of benzene rings is 2. The van der Waals surface area contributed by atoms with E-state index in [4.69, 9.17) is 32.7 Å². The Morgan fingerprint density at radius 1 is 1.06 bits per heavy atom. The van der Waals surface area contributed by atoms with E-state index in [2.05, 4.69) is 9.69 Å². The second-order valence-electron chi connectivity index (χ2n) is 8.67. The van der Waals surface area contributed by atoms with Gasteiger partial charge >= 0.3 is 0 Å². The van der Waals surface area contributed by atoms with Crippen LogP contribution in [0.1, 0.15) is 53.3 Å². The van der Waals surface area contributed by atoms with Crippen LogP contribution in [0.25, 0.3) is 0 Å². The lowest BCUT2D eigenvalue weighted by Gasteiger charge is -2.32. The average molecular weight is 548 g/mol. The van der Waals surface area contributed by atoms with Crippen molar-refractivity contribution < 1.29 is 19.1 Å². The van der Waals surface area contributed by atoms with E-state index in [-0.39, 0.29) is 27.0 Å². The van der Waals surface area contributed by atoms with E-state index in [9.17, 15) is 9.59 Å². The lowest BCUT2D eigenvalue weighted by Crippen LogP contribution is -2.46. The van der Waals surface area contributed by atoms with E-state index in [0.29, 0.717) is 22.7 Å². The lowest BCUT2D eigenvalue weighted by molar-refractivity contribution is -0.123. The zero-order chi connectivity index (χ0) is 25.8. The van der Waals surface area contributed by atoms with Crippen LogP contribution in [-0.4, -0.2) is 36.4 Å². The quantitative estimate of drug-likeness (QED) is 0.362. The first-order valence-electron chi connectivity index (χ1n) is 11.6. The van der Waals surface area contributed by atoms with Crippen LogP contribution in [0.15, 0.2) is 42.5 Å². The summed E-state index contributed by atoms with van der Waals surface area (Å²) >= 11 is 13.4. The largest absolute Gasteiger partial charge is 0.497 e. The zero-order valence-electron chi connectivity index (χ0n) is 20.2. The van der Waals surface area contributed by atoms with Crippen molar-refractivity contribution in [3.05, 3.63) is 68.6 Å². The maximum absolute atomic E-state index is 14.1. The van der Waals surface area contributed by atoms with Gasteiger partial charge in [0.05, 0.1) is 19.9 Å². The molecule has 36 heavy (non-hydrogen) atoms. The third-order valence-corrected chi connectivity index (χ3v) is 7.85. The number of nitrogens with one attached hydrogen (secondary N) is 1. The topological polar surface area (TPSA) is 80.8 Å². The van der Waals surface area contributed by atoms with Crippen LogP contribution in [0.4, 0.5) is 5.69 Å². The van der Waals surface area contributed by atoms with E-state index in [1.54, 1.807) is 18.2 Å². The highest BCUT2D eigenvalue weighted by Gasteiger charge is 2.37. The molecule has 1 aromatic heterocycles. The smallest absolute Gasteiger partial charge is 0.280 e. The number of hydrogen-bond acceptors (Lipinski definition) is 6. The highest BCUT2D eigenvalue weighted by Crippen LogP contribution is 2.38. The number of ether oxygens (including phenoxy) is 2. The molecule has 3 aromatic rings. The van der Waals surface area contributed by atoms with Gasteiger partial charge in [-0.05, 0) is 36.9 Å². The molecule has 2 amide bonds. The molecule has 1 atom stereocenters. The molecule has 190 valence electrons. The molecule has 0 saturated heterocycles. The Kier molecular flexibility index (Phi) is 8.39. The molecular formula is C26H27Cl2N3O4S. The summed E-state index contributed by atoms with van der Waals surface area (Å²) in [6.07, 6.45) is 3.92.